The zero-order valence-electron chi connectivity index (χ0n) is 14.4. The first-order valence-corrected chi connectivity index (χ1v) is 8.65. The third-order valence-electron chi connectivity index (χ3n) is 4.64. The van der Waals surface area contributed by atoms with Crippen LogP contribution in [0.15, 0.2) is 0 Å². The highest BCUT2D eigenvalue weighted by molar-refractivity contribution is 5.88. The minimum atomic E-state index is -0.280. The van der Waals surface area contributed by atoms with Gasteiger partial charge in [-0.3, -0.25) is 4.90 Å². The van der Waals surface area contributed by atoms with Crippen molar-refractivity contribution in [3.05, 3.63) is 17.2 Å². The molecule has 2 aliphatic heterocycles. The van der Waals surface area contributed by atoms with Crippen LogP contribution in [0.25, 0.3) is 0 Å². The Labute approximate surface area is 137 Å². The number of carbonyl (C=O) groups excluding carboxylic acids is 1. The lowest BCUT2D eigenvalue weighted by molar-refractivity contribution is -0.0712. The third kappa shape index (κ3) is 3.75. The molecular formula is C17H27N3O3. The van der Waals surface area contributed by atoms with E-state index >= 15 is 0 Å². The first kappa shape index (κ1) is 16.5. The number of hydrogen-bond donors (Lipinski definition) is 0. The molecule has 1 aromatic rings. The average molecular weight is 321 g/mol. The Morgan fingerprint density at radius 2 is 2.04 bits per heavy atom. The summed E-state index contributed by atoms with van der Waals surface area (Å²) in [5.74, 6) is 0.639. The van der Waals surface area contributed by atoms with Crippen LogP contribution in [0, 0.1) is 6.92 Å². The molecule has 128 valence electrons. The number of ether oxygens (including phenoxy) is 2. The fourth-order valence-corrected chi connectivity index (χ4v) is 3.69. The molecule has 1 saturated heterocycles. The van der Waals surface area contributed by atoms with E-state index in [4.69, 9.17) is 9.47 Å². The number of nitrogens with zero attached hydrogens (tertiary/aromatic N) is 3. The van der Waals surface area contributed by atoms with Crippen molar-refractivity contribution in [2.45, 2.75) is 58.8 Å². The lowest BCUT2D eigenvalue weighted by Crippen LogP contribution is -2.46. The molecule has 23 heavy (non-hydrogen) atoms. The van der Waals surface area contributed by atoms with E-state index in [1.807, 2.05) is 6.92 Å². The lowest BCUT2D eigenvalue weighted by atomic mass is 10.1. The molecule has 0 unspecified atom stereocenters. The van der Waals surface area contributed by atoms with Gasteiger partial charge in [0.1, 0.15) is 12.4 Å². The van der Waals surface area contributed by atoms with Crippen LogP contribution in [-0.4, -0.2) is 58.9 Å². The topological polar surface area (TPSA) is 56.6 Å². The number of morpholine rings is 1. The number of fused-ring (bicyclic) bond motifs is 1. The van der Waals surface area contributed by atoms with E-state index in [0.717, 1.165) is 57.0 Å². The Balaban J connectivity index is 1.54. The fourth-order valence-electron chi connectivity index (χ4n) is 3.69. The SMILES string of the molecule is Cc1nc(C(=O)OCCN2C[C@@H](C)O[C@H](C)C2)c2n1CCCC2. The average Bonchev–Trinajstić information content (AvgIpc) is 2.84. The number of hydrogen-bond acceptors (Lipinski definition) is 5. The number of rotatable bonds is 4. The van der Waals surface area contributed by atoms with Crippen LogP contribution in [0.3, 0.4) is 0 Å². The molecule has 2 aliphatic rings. The predicted octanol–water partition coefficient (Wildman–Crippen LogP) is 1.79. The van der Waals surface area contributed by atoms with E-state index in [9.17, 15) is 4.79 Å². The number of aromatic nitrogens is 2. The highest BCUT2D eigenvalue weighted by Gasteiger charge is 2.25. The molecule has 0 amide bonds. The van der Waals surface area contributed by atoms with Crippen molar-refractivity contribution in [3.8, 4) is 0 Å². The van der Waals surface area contributed by atoms with Gasteiger partial charge in [0, 0.05) is 26.2 Å². The maximum Gasteiger partial charge on any atom is 0.358 e. The summed E-state index contributed by atoms with van der Waals surface area (Å²) in [7, 11) is 0. The Morgan fingerprint density at radius 1 is 1.30 bits per heavy atom. The first-order chi connectivity index (χ1) is 11.0. The van der Waals surface area contributed by atoms with Gasteiger partial charge in [0.2, 0.25) is 0 Å². The quantitative estimate of drug-likeness (QED) is 0.792. The second kappa shape index (κ2) is 7.01. The highest BCUT2D eigenvalue weighted by Crippen LogP contribution is 2.21. The van der Waals surface area contributed by atoms with Crippen molar-refractivity contribution >= 4 is 5.97 Å². The normalized spacial score (nSPS) is 25.2. The fraction of sp³-hybridized carbons (Fsp3) is 0.765. The van der Waals surface area contributed by atoms with Crippen LogP contribution in [0.4, 0.5) is 0 Å². The second-order valence-electron chi connectivity index (χ2n) is 6.72. The van der Waals surface area contributed by atoms with Crippen molar-refractivity contribution < 1.29 is 14.3 Å². The Kier molecular flexibility index (Phi) is 5.02. The molecule has 6 nitrogen and oxygen atoms in total. The third-order valence-corrected chi connectivity index (χ3v) is 4.64. The standard InChI is InChI=1S/C17H27N3O3/c1-12-10-19(11-13(2)23-12)8-9-22-17(21)16-15-6-4-5-7-20(15)14(3)18-16/h12-13H,4-11H2,1-3H3/t12-,13-/m1/s1. The second-order valence-corrected chi connectivity index (χ2v) is 6.72. The molecule has 0 bridgehead atoms. The summed E-state index contributed by atoms with van der Waals surface area (Å²) in [6.45, 7) is 10.0. The van der Waals surface area contributed by atoms with E-state index in [1.54, 1.807) is 0 Å². The number of aryl methyl sites for hydroxylation is 1. The van der Waals surface area contributed by atoms with Crippen molar-refractivity contribution in [1.82, 2.24) is 14.5 Å². The van der Waals surface area contributed by atoms with Gasteiger partial charge >= 0.3 is 5.97 Å². The van der Waals surface area contributed by atoms with Crippen LogP contribution in [0.1, 0.15) is 48.7 Å². The monoisotopic (exact) mass is 321 g/mol. The molecule has 1 fully saturated rings. The molecular weight excluding hydrogens is 294 g/mol. The minimum Gasteiger partial charge on any atom is -0.460 e. The summed E-state index contributed by atoms with van der Waals surface area (Å²) >= 11 is 0. The number of carbonyl (C=O) groups is 1. The van der Waals surface area contributed by atoms with Crippen molar-refractivity contribution in [3.63, 3.8) is 0 Å². The van der Waals surface area contributed by atoms with Gasteiger partial charge in [-0.1, -0.05) is 0 Å². The van der Waals surface area contributed by atoms with Gasteiger partial charge in [0.25, 0.3) is 0 Å². The number of esters is 1. The molecule has 1 aromatic heterocycles. The minimum absolute atomic E-state index is 0.234. The predicted molar refractivity (Wildman–Crippen MR) is 86.6 cm³/mol. The summed E-state index contributed by atoms with van der Waals surface area (Å²) in [5.41, 5.74) is 1.57. The Morgan fingerprint density at radius 3 is 2.78 bits per heavy atom. The van der Waals surface area contributed by atoms with Crippen LogP contribution >= 0.6 is 0 Å². The Hall–Kier alpha value is -1.40. The zero-order valence-corrected chi connectivity index (χ0v) is 14.4. The molecule has 0 aromatic carbocycles. The smallest absolute Gasteiger partial charge is 0.358 e. The maximum absolute atomic E-state index is 12.4. The van der Waals surface area contributed by atoms with Crippen LogP contribution in [-0.2, 0) is 22.4 Å². The highest BCUT2D eigenvalue weighted by atomic mass is 16.5. The van der Waals surface area contributed by atoms with E-state index < -0.39 is 0 Å². The molecule has 6 heteroatoms. The molecule has 0 aliphatic carbocycles. The summed E-state index contributed by atoms with van der Waals surface area (Å²) in [6, 6.07) is 0. The molecule has 0 spiro atoms. The van der Waals surface area contributed by atoms with Crippen LogP contribution in [0.5, 0.6) is 0 Å². The first-order valence-electron chi connectivity index (χ1n) is 8.65. The van der Waals surface area contributed by atoms with Gasteiger partial charge < -0.3 is 14.0 Å². The van der Waals surface area contributed by atoms with E-state index in [-0.39, 0.29) is 18.2 Å². The molecule has 3 rings (SSSR count). The van der Waals surface area contributed by atoms with Crippen molar-refractivity contribution in [2.24, 2.45) is 0 Å². The molecule has 0 N–H and O–H groups in total. The van der Waals surface area contributed by atoms with Crippen LogP contribution in [0.2, 0.25) is 0 Å². The molecule has 2 atom stereocenters. The van der Waals surface area contributed by atoms with Gasteiger partial charge in [0.05, 0.1) is 17.9 Å². The summed E-state index contributed by atoms with van der Waals surface area (Å²) < 4.78 is 13.4. The summed E-state index contributed by atoms with van der Waals surface area (Å²) in [5, 5.41) is 0. The maximum atomic E-state index is 12.4. The number of imidazole rings is 1. The summed E-state index contributed by atoms with van der Waals surface area (Å²) in [6.07, 6.45) is 3.67. The molecule has 3 heterocycles. The van der Waals surface area contributed by atoms with Gasteiger partial charge in [-0.25, -0.2) is 9.78 Å². The zero-order chi connectivity index (χ0) is 16.4. The van der Waals surface area contributed by atoms with Gasteiger partial charge in [-0.15, -0.1) is 0 Å². The summed E-state index contributed by atoms with van der Waals surface area (Å²) in [4.78, 5) is 19.1. The van der Waals surface area contributed by atoms with E-state index in [1.165, 1.54) is 0 Å². The lowest BCUT2D eigenvalue weighted by Gasteiger charge is -2.35. The van der Waals surface area contributed by atoms with E-state index in [2.05, 4.69) is 28.3 Å². The molecule has 0 saturated carbocycles. The van der Waals surface area contributed by atoms with Crippen molar-refractivity contribution in [1.29, 1.82) is 0 Å². The van der Waals surface area contributed by atoms with Gasteiger partial charge in [-0.05, 0) is 40.0 Å². The largest absolute Gasteiger partial charge is 0.460 e. The van der Waals surface area contributed by atoms with E-state index in [0.29, 0.717) is 12.3 Å². The van der Waals surface area contributed by atoms with Crippen LogP contribution < -0.4 is 0 Å². The Bertz CT molecular complexity index is 560. The van der Waals surface area contributed by atoms with Gasteiger partial charge in [0.15, 0.2) is 5.69 Å². The molecule has 0 radical (unpaired) electrons. The van der Waals surface area contributed by atoms with Gasteiger partial charge in [-0.2, -0.15) is 0 Å². The van der Waals surface area contributed by atoms with Crippen molar-refractivity contribution in [2.75, 3.05) is 26.2 Å².